The summed E-state index contributed by atoms with van der Waals surface area (Å²) in [4.78, 5) is 24.8. The molecule has 1 aliphatic heterocycles. The van der Waals surface area contributed by atoms with Gasteiger partial charge in [-0.15, -0.1) is 0 Å². The summed E-state index contributed by atoms with van der Waals surface area (Å²) >= 11 is 6.09. The Labute approximate surface area is 124 Å². The maximum atomic E-state index is 12.0. The zero-order chi connectivity index (χ0) is 14.5. The Morgan fingerprint density at radius 1 is 1.55 bits per heavy atom. The molecule has 1 saturated heterocycles. The molecule has 0 spiro atoms. The molecule has 1 unspecified atom stereocenters. The minimum atomic E-state index is -0.0951. The first-order valence-electron chi connectivity index (χ1n) is 6.82. The second kappa shape index (κ2) is 6.86. The molecule has 0 aliphatic carbocycles. The Morgan fingerprint density at radius 3 is 3.05 bits per heavy atom. The zero-order valence-electron chi connectivity index (χ0n) is 11.6. The summed E-state index contributed by atoms with van der Waals surface area (Å²) in [5.74, 6) is -0.0400. The number of nitrogens with zero attached hydrogens (tertiary/aromatic N) is 1. The van der Waals surface area contributed by atoms with E-state index >= 15 is 0 Å². The Hall–Kier alpha value is -1.39. The van der Waals surface area contributed by atoms with E-state index in [9.17, 15) is 9.59 Å². The molecule has 20 heavy (non-hydrogen) atoms. The summed E-state index contributed by atoms with van der Waals surface area (Å²) < 4.78 is 0. The van der Waals surface area contributed by atoms with Crippen LogP contribution in [0.2, 0.25) is 5.02 Å². The van der Waals surface area contributed by atoms with Gasteiger partial charge >= 0.3 is 0 Å². The molecule has 0 radical (unpaired) electrons. The Bertz CT molecular complexity index is 505. The smallest absolute Gasteiger partial charge is 0.238 e. The number of benzene rings is 1. The number of likely N-dealkylation sites (tertiary alicyclic amines) is 1. The molecule has 1 aliphatic rings. The van der Waals surface area contributed by atoms with Crippen LogP contribution in [0.4, 0.5) is 5.69 Å². The fraction of sp³-hybridized carbons (Fsp3) is 0.467. The number of piperidine rings is 1. The number of halogens is 1. The lowest BCUT2D eigenvalue weighted by Gasteiger charge is -2.29. The van der Waals surface area contributed by atoms with Crippen molar-refractivity contribution in [3.8, 4) is 0 Å². The lowest BCUT2D eigenvalue weighted by atomic mass is 10.00. The standard InChI is InChI=1S/C15H19ClN2O2/c1-11-4-5-14(13(16)7-11)17-15(20)9-18-6-2-3-12(8-18)10-19/h4-5,7,10,12H,2-3,6,8-9H2,1H3,(H,17,20). The van der Waals surface area contributed by atoms with E-state index in [1.807, 2.05) is 24.0 Å². The first-order valence-corrected chi connectivity index (χ1v) is 7.20. The van der Waals surface area contributed by atoms with Crippen LogP contribution in [0.15, 0.2) is 18.2 Å². The Morgan fingerprint density at radius 2 is 2.35 bits per heavy atom. The molecule has 1 atom stereocenters. The van der Waals surface area contributed by atoms with E-state index in [2.05, 4.69) is 5.32 Å². The van der Waals surface area contributed by atoms with Gasteiger partial charge in [-0.25, -0.2) is 0 Å². The number of rotatable bonds is 4. The maximum absolute atomic E-state index is 12.0. The maximum Gasteiger partial charge on any atom is 0.238 e. The van der Waals surface area contributed by atoms with Gasteiger partial charge in [0.05, 0.1) is 17.3 Å². The van der Waals surface area contributed by atoms with Crippen LogP contribution >= 0.6 is 11.6 Å². The van der Waals surface area contributed by atoms with E-state index < -0.39 is 0 Å². The fourth-order valence-corrected chi connectivity index (χ4v) is 2.74. The van der Waals surface area contributed by atoms with E-state index in [-0.39, 0.29) is 11.8 Å². The molecular formula is C15H19ClN2O2. The molecule has 1 heterocycles. The Kier molecular flexibility index (Phi) is 5.15. The molecule has 1 aromatic rings. The average Bonchev–Trinajstić information content (AvgIpc) is 2.42. The van der Waals surface area contributed by atoms with Crippen LogP contribution in [0.1, 0.15) is 18.4 Å². The van der Waals surface area contributed by atoms with Gasteiger partial charge < -0.3 is 10.1 Å². The van der Waals surface area contributed by atoms with Crippen molar-refractivity contribution in [2.75, 3.05) is 25.0 Å². The number of aldehydes is 1. The first kappa shape index (κ1) is 15.0. The molecule has 1 amide bonds. The molecule has 0 bridgehead atoms. The highest BCUT2D eigenvalue weighted by molar-refractivity contribution is 6.33. The number of carbonyl (C=O) groups is 2. The largest absolute Gasteiger partial charge is 0.324 e. The second-order valence-corrected chi connectivity index (χ2v) is 5.71. The summed E-state index contributed by atoms with van der Waals surface area (Å²) in [6.45, 7) is 3.78. The van der Waals surface area contributed by atoms with E-state index in [0.29, 0.717) is 23.8 Å². The number of carbonyl (C=O) groups excluding carboxylic acids is 2. The quantitative estimate of drug-likeness (QED) is 0.868. The fourth-order valence-electron chi connectivity index (χ4n) is 2.46. The van der Waals surface area contributed by atoms with Crippen LogP contribution in [0, 0.1) is 12.8 Å². The van der Waals surface area contributed by atoms with Crippen LogP contribution in [0.25, 0.3) is 0 Å². The Balaban J connectivity index is 1.90. The lowest BCUT2D eigenvalue weighted by molar-refractivity contribution is -0.119. The topological polar surface area (TPSA) is 49.4 Å². The van der Waals surface area contributed by atoms with E-state index in [4.69, 9.17) is 11.6 Å². The van der Waals surface area contributed by atoms with Gasteiger partial charge in [0.15, 0.2) is 0 Å². The third-order valence-corrected chi connectivity index (χ3v) is 3.81. The molecular weight excluding hydrogens is 276 g/mol. The van der Waals surface area contributed by atoms with Crippen LogP contribution in [-0.4, -0.2) is 36.7 Å². The first-order chi connectivity index (χ1) is 9.58. The molecule has 1 fully saturated rings. The third-order valence-electron chi connectivity index (χ3n) is 3.50. The number of hydrogen-bond donors (Lipinski definition) is 1. The van der Waals surface area contributed by atoms with Crippen molar-refractivity contribution < 1.29 is 9.59 Å². The van der Waals surface area contributed by atoms with Gasteiger partial charge in [-0.2, -0.15) is 0 Å². The van der Waals surface area contributed by atoms with Crippen molar-refractivity contribution in [1.82, 2.24) is 4.90 Å². The summed E-state index contributed by atoms with van der Waals surface area (Å²) in [5, 5.41) is 3.36. The summed E-state index contributed by atoms with van der Waals surface area (Å²) in [7, 11) is 0. The number of hydrogen-bond acceptors (Lipinski definition) is 3. The van der Waals surface area contributed by atoms with Crippen LogP contribution < -0.4 is 5.32 Å². The van der Waals surface area contributed by atoms with Crippen molar-refractivity contribution >= 4 is 29.5 Å². The van der Waals surface area contributed by atoms with Crippen LogP contribution in [0.5, 0.6) is 0 Å². The molecule has 2 rings (SSSR count). The van der Waals surface area contributed by atoms with Gasteiger partial charge in [-0.1, -0.05) is 17.7 Å². The highest BCUT2D eigenvalue weighted by Gasteiger charge is 2.21. The average molecular weight is 295 g/mol. The summed E-state index contributed by atoms with van der Waals surface area (Å²) in [5.41, 5.74) is 1.68. The molecule has 4 nitrogen and oxygen atoms in total. The molecule has 0 aromatic heterocycles. The number of aryl methyl sites for hydroxylation is 1. The highest BCUT2D eigenvalue weighted by Crippen LogP contribution is 2.22. The molecule has 1 N–H and O–H groups in total. The van der Waals surface area contributed by atoms with Gasteiger partial charge in [0, 0.05) is 12.5 Å². The molecule has 0 saturated carbocycles. The minimum absolute atomic E-state index is 0.0551. The van der Waals surface area contributed by atoms with Crippen molar-refractivity contribution in [2.24, 2.45) is 5.92 Å². The van der Waals surface area contributed by atoms with Crippen LogP contribution in [-0.2, 0) is 9.59 Å². The van der Waals surface area contributed by atoms with Crippen molar-refractivity contribution in [1.29, 1.82) is 0 Å². The molecule has 108 valence electrons. The lowest BCUT2D eigenvalue weighted by Crippen LogP contribution is -2.40. The minimum Gasteiger partial charge on any atom is -0.324 e. The van der Waals surface area contributed by atoms with Crippen LogP contribution in [0.3, 0.4) is 0 Å². The molecule has 5 heteroatoms. The predicted octanol–water partition coefficient (Wildman–Crippen LogP) is 2.50. The number of nitrogens with one attached hydrogen (secondary N) is 1. The van der Waals surface area contributed by atoms with E-state index in [1.165, 1.54) is 0 Å². The van der Waals surface area contributed by atoms with E-state index in [1.54, 1.807) is 6.07 Å². The van der Waals surface area contributed by atoms with Crippen molar-refractivity contribution in [3.63, 3.8) is 0 Å². The normalized spacial score (nSPS) is 19.6. The van der Waals surface area contributed by atoms with Gasteiger partial charge in [-0.3, -0.25) is 9.69 Å². The monoisotopic (exact) mass is 294 g/mol. The summed E-state index contributed by atoms with van der Waals surface area (Å²) in [6.07, 6.45) is 2.87. The van der Waals surface area contributed by atoms with Crippen molar-refractivity contribution in [3.05, 3.63) is 28.8 Å². The summed E-state index contributed by atoms with van der Waals surface area (Å²) in [6, 6.07) is 5.53. The zero-order valence-corrected chi connectivity index (χ0v) is 12.3. The number of anilines is 1. The van der Waals surface area contributed by atoms with Gasteiger partial charge in [0.1, 0.15) is 6.29 Å². The molecule has 1 aromatic carbocycles. The van der Waals surface area contributed by atoms with Gasteiger partial charge in [0.2, 0.25) is 5.91 Å². The van der Waals surface area contributed by atoms with Gasteiger partial charge in [0.25, 0.3) is 0 Å². The van der Waals surface area contributed by atoms with Gasteiger partial charge in [-0.05, 0) is 44.0 Å². The predicted molar refractivity (Wildman–Crippen MR) is 80.0 cm³/mol. The second-order valence-electron chi connectivity index (χ2n) is 5.30. The number of amides is 1. The SMILES string of the molecule is Cc1ccc(NC(=O)CN2CCCC(C=O)C2)c(Cl)c1. The third kappa shape index (κ3) is 4.05. The van der Waals surface area contributed by atoms with Crippen molar-refractivity contribution in [2.45, 2.75) is 19.8 Å². The highest BCUT2D eigenvalue weighted by atomic mass is 35.5. The van der Waals surface area contributed by atoms with E-state index in [0.717, 1.165) is 31.2 Å².